The number of sulfonamides is 1. The maximum Gasteiger partial charge on any atom is 0.252 e. The zero-order valence-electron chi connectivity index (χ0n) is 11.1. The molecule has 0 N–H and O–H groups in total. The van der Waals surface area contributed by atoms with E-state index in [4.69, 9.17) is 0 Å². The van der Waals surface area contributed by atoms with Crippen LogP contribution in [0.4, 0.5) is 0 Å². The number of nitrogens with zero attached hydrogens (tertiary/aromatic N) is 1. The van der Waals surface area contributed by atoms with Gasteiger partial charge in [-0.3, -0.25) is 0 Å². The van der Waals surface area contributed by atoms with Crippen LogP contribution in [0.1, 0.15) is 18.9 Å². The summed E-state index contributed by atoms with van der Waals surface area (Å²) in [4.78, 5) is 0. The maximum absolute atomic E-state index is 12.7. The summed E-state index contributed by atoms with van der Waals surface area (Å²) in [7, 11) is -3.42. The Morgan fingerprint density at radius 3 is 2.40 bits per heavy atom. The molecular formula is C14H16BrNO2S2. The molecule has 1 aromatic carbocycles. The van der Waals surface area contributed by atoms with Crippen molar-refractivity contribution < 1.29 is 8.42 Å². The van der Waals surface area contributed by atoms with Crippen LogP contribution in [0.25, 0.3) is 0 Å². The third kappa shape index (κ3) is 3.69. The fourth-order valence-electron chi connectivity index (χ4n) is 1.88. The molecule has 0 unspecified atom stereocenters. The molecular weight excluding hydrogens is 358 g/mol. The van der Waals surface area contributed by atoms with Gasteiger partial charge in [-0.15, -0.1) is 11.3 Å². The molecule has 20 heavy (non-hydrogen) atoms. The van der Waals surface area contributed by atoms with Crippen LogP contribution in [0.5, 0.6) is 0 Å². The summed E-state index contributed by atoms with van der Waals surface area (Å²) in [5.74, 6) is 0. The van der Waals surface area contributed by atoms with Gasteiger partial charge in [0.2, 0.25) is 0 Å². The van der Waals surface area contributed by atoms with Gasteiger partial charge in [-0.05, 0) is 40.0 Å². The van der Waals surface area contributed by atoms with Gasteiger partial charge in [-0.1, -0.05) is 37.3 Å². The summed E-state index contributed by atoms with van der Waals surface area (Å²) >= 11 is 4.56. The van der Waals surface area contributed by atoms with E-state index in [9.17, 15) is 8.42 Å². The van der Waals surface area contributed by atoms with Crippen molar-refractivity contribution >= 4 is 37.3 Å². The van der Waals surface area contributed by atoms with Crippen molar-refractivity contribution in [2.75, 3.05) is 6.54 Å². The first-order valence-electron chi connectivity index (χ1n) is 6.33. The fraction of sp³-hybridized carbons (Fsp3) is 0.286. The minimum absolute atomic E-state index is 0.383. The molecule has 1 heterocycles. The molecule has 0 fully saturated rings. The first-order valence-corrected chi connectivity index (χ1v) is 9.38. The molecule has 0 amide bonds. The molecule has 0 saturated heterocycles. The van der Waals surface area contributed by atoms with E-state index in [1.54, 1.807) is 16.4 Å². The minimum Gasteiger partial charge on any atom is -0.206 e. The van der Waals surface area contributed by atoms with E-state index in [2.05, 4.69) is 15.9 Å². The number of hydrogen-bond donors (Lipinski definition) is 0. The Labute approximate surface area is 132 Å². The predicted molar refractivity (Wildman–Crippen MR) is 86.3 cm³/mol. The van der Waals surface area contributed by atoms with Crippen LogP contribution in [0.15, 0.2) is 50.5 Å². The van der Waals surface area contributed by atoms with E-state index in [0.29, 0.717) is 17.3 Å². The Morgan fingerprint density at radius 2 is 1.85 bits per heavy atom. The normalized spacial score (nSPS) is 11.9. The molecule has 1 aromatic heterocycles. The molecule has 2 aromatic rings. The summed E-state index contributed by atoms with van der Waals surface area (Å²) in [6.45, 7) is 2.91. The molecule has 6 heteroatoms. The maximum atomic E-state index is 12.7. The zero-order chi connectivity index (χ0) is 14.6. The smallest absolute Gasteiger partial charge is 0.206 e. The molecule has 0 saturated carbocycles. The van der Waals surface area contributed by atoms with E-state index in [0.717, 1.165) is 15.8 Å². The second-order valence-electron chi connectivity index (χ2n) is 4.38. The molecule has 0 radical (unpaired) electrons. The second kappa shape index (κ2) is 6.85. The average Bonchev–Trinajstić information content (AvgIpc) is 2.87. The Kier molecular flexibility index (Phi) is 5.37. The number of hydrogen-bond acceptors (Lipinski definition) is 3. The van der Waals surface area contributed by atoms with Crippen LogP contribution in [0.3, 0.4) is 0 Å². The van der Waals surface area contributed by atoms with Gasteiger partial charge in [-0.25, -0.2) is 8.42 Å². The molecule has 0 atom stereocenters. The molecule has 0 bridgehead atoms. The molecule has 3 nitrogen and oxygen atoms in total. The summed E-state index contributed by atoms with van der Waals surface area (Å²) in [5, 5.41) is 0. The fourth-order valence-corrected chi connectivity index (χ4v) is 5.57. The van der Waals surface area contributed by atoms with E-state index in [1.807, 2.05) is 37.3 Å². The van der Waals surface area contributed by atoms with E-state index >= 15 is 0 Å². The van der Waals surface area contributed by atoms with Gasteiger partial charge in [0.15, 0.2) is 0 Å². The lowest BCUT2D eigenvalue weighted by molar-refractivity contribution is 0.407. The van der Waals surface area contributed by atoms with Gasteiger partial charge in [0, 0.05) is 13.1 Å². The van der Waals surface area contributed by atoms with Crippen molar-refractivity contribution in [2.45, 2.75) is 24.1 Å². The van der Waals surface area contributed by atoms with Gasteiger partial charge in [0.1, 0.15) is 4.21 Å². The van der Waals surface area contributed by atoms with Crippen LogP contribution in [-0.2, 0) is 16.6 Å². The third-order valence-electron chi connectivity index (χ3n) is 2.82. The van der Waals surface area contributed by atoms with Gasteiger partial charge in [-0.2, -0.15) is 4.31 Å². The van der Waals surface area contributed by atoms with Crippen LogP contribution in [0, 0.1) is 0 Å². The Balaban J connectivity index is 2.28. The number of halogens is 1. The van der Waals surface area contributed by atoms with Crippen molar-refractivity contribution in [1.82, 2.24) is 4.31 Å². The van der Waals surface area contributed by atoms with Crippen molar-refractivity contribution in [2.24, 2.45) is 0 Å². The molecule has 0 spiro atoms. The molecule has 0 aliphatic heterocycles. The summed E-state index contributed by atoms with van der Waals surface area (Å²) in [6.07, 6.45) is 0.790. The number of thiophene rings is 1. The topological polar surface area (TPSA) is 37.4 Å². The Bertz CT molecular complexity index is 653. The highest BCUT2D eigenvalue weighted by atomic mass is 79.9. The summed E-state index contributed by atoms with van der Waals surface area (Å²) in [5.41, 5.74) is 1.00. The van der Waals surface area contributed by atoms with Crippen molar-refractivity contribution in [3.05, 3.63) is 51.8 Å². The molecule has 0 aliphatic rings. The highest BCUT2D eigenvalue weighted by Crippen LogP contribution is 2.29. The lowest BCUT2D eigenvalue weighted by Crippen LogP contribution is -2.30. The predicted octanol–water partition coefficient (Wildman–Crippen LogP) is 4.11. The molecule has 2 rings (SSSR count). The van der Waals surface area contributed by atoms with Crippen molar-refractivity contribution in [1.29, 1.82) is 0 Å². The lowest BCUT2D eigenvalue weighted by Gasteiger charge is -2.20. The second-order valence-corrected chi connectivity index (χ2v) is 9.01. The van der Waals surface area contributed by atoms with Crippen molar-refractivity contribution in [3.8, 4) is 0 Å². The standard InChI is InChI=1S/C14H16BrNO2S2/c1-2-10-16(11-12-6-4-3-5-7-12)20(17,18)14-9-8-13(15)19-14/h3-9H,2,10-11H2,1H3. The third-order valence-corrected chi connectivity index (χ3v) is 6.75. The zero-order valence-corrected chi connectivity index (χ0v) is 14.3. The van der Waals surface area contributed by atoms with Crippen LogP contribution >= 0.6 is 27.3 Å². The Morgan fingerprint density at radius 1 is 1.15 bits per heavy atom. The van der Waals surface area contributed by atoms with Crippen LogP contribution in [0.2, 0.25) is 0 Å². The summed E-state index contributed by atoms with van der Waals surface area (Å²) < 4.78 is 28.1. The first-order chi connectivity index (χ1) is 9.54. The van der Waals surface area contributed by atoms with Gasteiger partial charge >= 0.3 is 0 Å². The highest BCUT2D eigenvalue weighted by molar-refractivity contribution is 9.11. The minimum atomic E-state index is -3.42. The summed E-state index contributed by atoms with van der Waals surface area (Å²) in [6, 6.07) is 13.1. The van der Waals surface area contributed by atoms with E-state index in [1.165, 1.54) is 11.3 Å². The molecule has 0 aliphatic carbocycles. The quantitative estimate of drug-likeness (QED) is 0.763. The van der Waals surface area contributed by atoms with E-state index < -0.39 is 10.0 Å². The van der Waals surface area contributed by atoms with Crippen molar-refractivity contribution in [3.63, 3.8) is 0 Å². The Hall–Kier alpha value is -0.690. The average molecular weight is 374 g/mol. The molecule has 108 valence electrons. The number of benzene rings is 1. The van der Waals surface area contributed by atoms with Gasteiger partial charge in [0.25, 0.3) is 10.0 Å². The first kappa shape index (κ1) is 15.7. The highest BCUT2D eigenvalue weighted by Gasteiger charge is 2.25. The number of rotatable bonds is 6. The van der Waals surface area contributed by atoms with Gasteiger partial charge in [0.05, 0.1) is 3.79 Å². The van der Waals surface area contributed by atoms with Crippen LogP contribution in [-0.4, -0.2) is 19.3 Å². The van der Waals surface area contributed by atoms with Gasteiger partial charge < -0.3 is 0 Å². The lowest BCUT2D eigenvalue weighted by atomic mass is 10.2. The largest absolute Gasteiger partial charge is 0.252 e. The SMILES string of the molecule is CCCN(Cc1ccccc1)S(=O)(=O)c1ccc(Br)s1. The van der Waals surface area contributed by atoms with E-state index in [-0.39, 0.29) is 0 Å². The monoisotopic (exact) mass is 373 g/mol. The van der Waals surface area contributed by atoms with Crippen LogP contribution < -0.4 is 0 Å².